The molecule has 0 atom stereocenters. The zero-order valence-electron chi connectivity index (χ0n) is 8.02. The van der Waals surface area contributed by atoms with Crippen LogP contribution in [-0.2, 0) is 4.74 Å². The molecule has 0 aliphatic carbocycles. The second-order valence-electron chi connectivity index (χ2n) is 2.73. The number of hydrogen-bond acceptors (Lipinski definition) is 2. The Balaban J connectivity index is 3.49. The number of ether oxygens (including phenoxy) is 1. The first kappa shape index (κ1) is 12.7. The second kappa shape index (κ2) is 6.21. The van der Waals surface area contributed by atoms with Gasteiger partial charge in [0, 0.05) is 6.54 Å². The number of halogens is 3. The molecule has 0 radical (unpaired) electrons. The fourth-order valence-corrected chi connectivity index (χ4v) is 1.03. The molecule has 0 rings (SSSR count). The number of hydrogen-bond donors (Lipinski definition) is 0. The van der Waals surface area contributed by atoms with E-state index in [2.05, 4.69) is 4.74 Å². The second-order valence-corrected chi connectivity index (χ2v) is 2.73. The van der Waals surface area contributed by atoms with Crippen molar-refractivity contribution in [3.8, 4) is 0 Å². The van der Waals surface area contributed by atoms with Gasteiger partial charge in [0.2, 0.25) is 0 Å². The zero-order chi connectivity index (χ0) is 10.3. The molecule has 0 N–H and O–H groups in total. The van der Waals surface area contributed by atoms with Crippen molar-refractivity contribution in [2.45, 2.75) is 26.6 Å². The molecule has 0 aromatic rings. The van der Waals surface area contributed by atoms with E-state index >= 15 is 0 Å². The molecule has 0 spiro atoms. The van der Waals surface area contributed by atoms with Crippen molar-refractivity contribution in [2.24, 2.45) is 0 Å². The molecule has 0 fully saturated rings. The Morgan fingerprint density at radius 1 is 1.15 bits per heavy atom. The first-order valence-electron chi connectivity index (χ1n) is 4.42. The van der Waals surface area contributed by atoms with Crippen molar-refractivity contribution in [2.75, 3.05) is 26.2 Å². The average Bonchev–Trinajstić information content (AvgIpc) is 2.01. The summed E-state index contributed by atoms with van der Waals surface area (Å²) in [6.45, 7) is 5.55. The van der Waals surface area contributed by atoms with E-state index in [-0.39, 0.29) is 6.61 Å². The highest BCUT2D eigenvalue weighted by molar-refractivity contribution is 4.52. The van der Waals surface area contributed by atoms with Crippen molar-refractivity contribution in [1.29, 1.82) is 0 Å². The van der Waals surface area contributed by atoms with Gasteiger partial charge >= 0.3 is 6.36 Å². The Morgan fingerprint density at radius 2 is 1.77 bits per heavy atom. The van der Waals surface area contributed by atoms with E-state index in [1.165, 1.54) is 0 Å². The minimum absolute atomic E-state index is 0.280. The fourth-order valence-electron chi connectivity index (χ4n) is 1.03. The summed E-state index contributed by atoms with van der Waals surface area (Å²) in [6, 6.07) is 0. The van der Waals surface area contributed by atoms with Crippen LogP contribution in [0.5, 0.6) is 0 Å². The van der Waals surface area contributed by atoms with Crippen LogP contribution in [0.2, 0.25) is 0 Å². The monoisotopic (exact) mass is 199 g/mol. The van der Waals surface area contributed by atoms with Gasteiger partial charge in [0.15, 0.2) is 0 Å². The molecule has 0 aromatic carbocycles. The van der Waals surface area contributed by atoms with Crippen molar-refractivity contribution in [3.63, 3.8) is 0 Å². The quantitative estimate of drug-likeness (QED) is 0.650. The topological polar surface area (TPSA) is 12.5 Å². The highest BCUT2D eigenvalue weighted by Gasteiger charge is 2.28. The predicted molar refractivity (Wildman–Crippen MR) is 44.4 cm³/mol. The third-order valence-electron chi connectivity index (χ3n) is 1.66. The summed E-state index contributed by atoms with van der Waals surface area (Å²) >= 11 is 0. The van der Waals surface area contributed by atoms with Gasteiger partial charge < -0.3 is 4.90 Å². The van der Waals surface area contributed by atoms with Gasteiger partial charge in [-0.1, -0.05) is 13.8 Å². The average molecular weight is 199 g/mol. The number of alkyl halides is 3. The molecular formula is C8H16F3NO. The molecule has 0 heterocycles. The fraction of sp³-hybridized carbons (Fsp3) is 1.00. The van der Waals surface area contributed by atoms with E-state index in [9.17, 15) is 13.2 Å². The summed E-state index contributed by atoms with van der Waals surface area (Å²) in [5, 5.41) is 0. The SMILES string of the molecule is CCCN(CC)CCOC(F)(F)F. The molecular weight excluding hydrogens is 183 g/mol. The maximum absolute atomic E-state index is 11.6. The Morgan fingerprint density at radius 3 is 2.15 bits per heavy atom. The lowest BCUT2D eigenvalue weighted by molar-refractivity contribution is -0.325. The van der Waals surface area contributed by atoms with E-state index in [0.717, 1.165) is 19.5 Å². The summed E-state index contributed by atoms with van der Waals surface area (Å²) in [5.41, 5.74) is 0. The van der Waals surface area contributed by atoms with E-state index in [1.54, 1.807) is 0 Å². The molecule has 0 saturated heterocycles. The molecule has 0 saturated carbocycles. The van der Waals surface area contributed by atoms with Gasteiger partial charge in [0.05, 0.1) is 6.61 Å². The van der Waals surface area contributed by atoms with Gasteiger partial charge in [0.1, 0.15) is 0 Å². The highest BCUT2D eigenvalue weighted by Crippen LogP contribution is 2.15. The number of rotatable bonds is 6. The predicted octanol–water partition coefficient (Wildman–Crippen LogP) is 2.25. The summed E-state index contributed by atoms with van der Waals surface area (Å²) < 4.78 is 38.3. The standard InChI is InChI=1S/C8H16F3NO/c1-3-5-12(4-2)6-7-13-8(9,10)11/h3-7H2,1-2H3. The molecule has 0 aromatic heterocycles. The van der Waals surface area contributed by atoms with Gasteiger partial charge in [-0.2, -0.15) is 0 Å². The largest absolute Gasteiger partial charge is 0.522 e. The van der Waals surface area contributed by atoms with Crippen molar-refractivity contribution < 1.29 is 17.9 Å². The van der Waals surface area contributed by atoms with Crippen LogP contribution in [-0.4, -0.2) is 37.5 Å². The van der Waals surface area contributed by atoms with E-state index < -0.39 is 6.36 Å². The maximum atomic E-state index is 11.6. The maximum Gasteiger partial charge on any atom is 0.522 e. The third-order valence-corrected chi connectivity index (χ3v) is 1.66. The molecule has 2 nitrogen and oxygen atoms in total. The Kier molecular flexibility index (Phi) is 6.07. The van der Waals surface area contributed by atoms with Crippen molar-refractivity contribution in [3.05, 3.63) is 0 Å². The molecule has 0 aliphatic heterocycles. The first-order valence-corrected chi connectivity index (χ1v) is 4.42. The minimum Gasteiger partial charge on any atom is -0.301 e. The molecule has 0 amide bonds. The lowest BCUT2D eigenvalue weighted by Crippen LogP contribution is -2.30. The van der Waals surface area contributed by atoms with E-state index in [1.807, 2.05) is 18.7 Å². The van der Waals surface area contributed by atoms with Crippen LogP contribution >= 0.6 is 0 Å². The van der Waals surface area contributed by atoms with Crippen LogP contribution < -0.4 is 0 Å². The van der Waals surface area contributed by atoms with Gasteiger partial charge in [-0.05, 0) is 19.5 Å². The zero-order valence-corrected chi connectivity index (χ0v) is 8.02. The van der Waals surface area contributed by atoms with Crippen LogP contribution in [0, 0.1) is 0 Å². The summed E-state index contributed by atoms with van der Waals surface area (Å²) in [6.07, 6.45) is -3.55. The van der Waals surface area contributed by atoms with E-state index in [4.69, 9.17) is 0 Å². The first-order chi connectivity index (χ1) is 5.99. The van der Waals surface area contributed by atoms with Crippen LogP contribution in [0.15, 0.2) is 0 Å². The minimum atomic E-state index is -4.49. The summed E-state index contributed by atoms with van der Waals surface area (Å²) in [7, 11) is 0. The summed E-state index contributed by atoms with van der Waals surface area (Å²) in [4.78, 5) is 1.92. The molecule has 0 aliphatic rings. The Hall–Kier alpha value is -0.290. The van der Waals surface area contributed by atoms with Crippen LogP contribution in [0.3, 0.4) is 0 Å². The van der Waals surface area contributed by atoms with Crippen molar-refractivity contribution in [1.82, 2.24) is 4.90 Å². The molecule has 13 heavy (non-hydrogen) atoms. The van der Waals surface area contributed by atoms with Crippen LogP contribution in [0.1, 0.15) is 20.3 Å². The molecule has 0 bridgehead atoms. The third kappa shape index (κ3) is 8.05. The van der Waals surface area contributed by atoms with Gasteiger partial charge in [-0.3, -0.25) is 4.74 Å². The van der Waals surface area contributed by atoms with Gasteiger partial charge in [-0.15, -0.1) is 13.2 Å². The smallest absolute Gasteiger partial charge is 0.301 e. The Bertz CT molecular complexity index is 127. The van der Waals surface area contributed by atoms with Crippen molar-refractivity contribution >= 4 is 0 Å². The number of likely N-dealkylation sites (N-methyl/N-ethyl adjacent to an activating group) is 1. The normalized spacial score (nSPS) is 12.5. The molecule has 5 heteroatoms. The van der Waals surface area contributed by atoms with Crippen LogP contribution in [0.25, 0.3) is 0 Å². The van der Waals surface area contributed by atoms with Gasteiger partial charge in [-0.25, -0.2) is 0 Å². The Labute approximate surface area is 76.7 Å². The van der Waals surface area contributed by atoms with Crippen LogP contribution in [0.4, 0.5) is 13.2 Å². The highest BCUT2D eigenvalue weighted by atomic mass is 19.4. The molecule has 0 unspecified atom stereocenters. The van der Waals surface area contributed by atoms with Gasteiger partial charge in [0.25, 0.3) is 0 Å². The lowest BCUT2D eigenvalue weighted by Gasteiger charge is -2.19. The molecule has 80 valence electrons. The van der Waals surface area contributed by atoms with E-state index in [0.29, 0.717) is 6.54 Å². The lowest BCUT2D eigenvalue weighted by atomic mass is 10.4. The summed E-state index contributed by atoms with van der Waals surface area (Å²) in [5.74, 6) is 0. The number of nitrogens with zero attached hydrogens (tertiary/aromatic N) is 1.